The van der Waals surface area contributed by atoms with Crippen LogP contribution in [0.25, 0.3) is 0 Å². The molecule has 0 spiro atoms. The number of aliphatic hydroxyl groups is 2. The Labute approximate surface area is 376 Å². The average Bonchev–Trinajstić information content (AvgIpc) is 3.98. The quantitative estimate of drug-likeness (QED) is 0.299. The number of hydrogen-bond donors (Lipinski definition) is 2. The molecule has 0 aromatic carbocycles. The van der Waals surface area contributed by atoms with Gasteiger partial charge in [-0.15, -0.1) is 0 Å². The largest absolute Gasteiger partial charge is 0.390 e. The molecule has 8 aliphatic carbocycles. The molecule has 2 aromatic rings. The number of hydrogen-bond acceptors (Lipinski definition) is 6. The van der Waals surface area contributed by atoms with Crippen molar-refractivity contribution in [1.29, 1.82) is 0 Å². The van der Waals surface area contributed by atoms with E-state index in [1.54, 1.807) is 21.8 Å². The van der Waals surface area contributed by atoms with Crippen LogP contribution in [0.3, 0.4) is 0 Å². The molecule has 8 aliphatic rings. The molecule has 0 bridgehead atoms. The highest BCUT2D eigenvalue weighted by Crippen LogP contribution is 2.65. The zero-order chi connectivity index (χ0) is 44.5. The molecule has 0 amide bonds. The molecule has 0 radical (unpaired) electrons. The fourth-order valence-electron chi connectivity index (χ4n) is 16.8. The third kappa shape index (κ3) is 9.78. The number of fused-ring (bicyclic) bond motifs is 10. The number of rotatable bonds is 6. The predicted octanol–water partition coefficient (Wildman–Crippen LogP) is 11.8. The van der Waals surface area contributed by atoms with Crippen LogP contribution in [0.1, 0.15) is 184 Å². The first-order valence-corrected chi connectivity index (χ1v) is 26.2. The van der Waals surface area contributed by atoms with Crippen LogP contribution in [-0.2, 0) is 22.7 Å². The molecule has 16 atom stereocenters. The lowest BCUT2D eigenvalue weighted by Gasteiger charge is -2.60. The lowest BCUT2D eigenvalue weighted by molar-refractivity contribution is -0.148. The Morgan fingerprint density at radius 3 is 1.61 bits per heavy atom. The highest BCUT2D eigenvalue weighted by atomic mass is 16.3. The van der Waals surface area contributed by atoms with E-state index in [-0.39, 0.29) is 17.3 Å². The molecule has 2 aromatic heterocycles. The zero-order valence-corrected chi connectivity index (χ0v) is 40.4. The predicted molar refractivity (Wildman–Crippen MR) is 249 cm³/mol. The summed E-state index contributed by atoms with van der Waals surface area (Å²) in [5.41, 5.74) is -0.344. The summed E-state index contributed by atoms with van der Waals surface area (Å²) in [6.45, 7) is 17.9. The summed E-state index contributed by atoms with van der Waals surface area (Å²) in [5, 5.41) is 29.7. The van der Waals surface area contributed by atoms with Gasteiger partial charge in [-0.1, -0.05) is 48.0 Å². The number of ketones is 2. The lowest BCUT2D eigenvalue weighted by atomic mass is 9.44. The third-order valence-corrected chi connectivity index (χ3v) is 19.4. The molecule has 8 heteroatoms. The van der Waals surface area contributed by atoms with Crippen LogP contribution in [0.2, 0.25) is 0 Å². The normalized spacial score (nSPS) is 44.2. The number of carbonyl (C=O) groups is 2. The Morgan fingerprint density at radius 2 is 1.06 bits per heavy atom. The Balaban J connectivity index is 0.000000173. The second-order valence-electron chi connectivity index (χ2n) is 22.9. The van der Waals surface area contributed by atoms with Crippen LogP contribution in [0.5, 0.6) is 0 Å². The van der Waals surface area contributed by atoms with Gasteiger partial charge < -0.3 is 10.2 Å². The van der Waals surface area contributed by atoms with Crippen LogP contribution >= 0.6 is 0 Å². The zero-order valence-electron chi connectivity index (χ0n) is 40.4. The Kier molecular flexibility index (Phi) is 15.1. The molecule has 62 heavy (non-hydrogen) atoms. The van der Waals surface area contributed by atoms with Crippen molar-refractivity contribution in [2.24, 2.45) is 81.8 Å². The minimum atomic E-state index is -0.438. The van der Waals surface area contributed by atoms with Crippen LogP contribution in [-0.4, -0.2) is 52.5 Å². The monoisotopic (exact) mass is 857 g/mol. The molecular weight excluding hydrogens is 769 g/mol. The molecule has 2 heterocycles. The van der Waals surface area contributed by atoms with Gasteiger partial charge in [0.15, 0.2) is 11.6 Å². The molecule has 0 aliphatic heterocycles. The topological polar surface area (TPSA) is 110 Å². The summed E-state index contributed by atoms with van der Waals surface area (Å²) in [5.74, 6) is 9.24. The van der Waals surface area contributed by atoms with E-state index in [1.165, 1.54) is 83.5 Å². The maximum Gasteiger partial charge on any atom is 0.157 e. The second kappa shape index (κ2) is 19.6. The highest BCUT2D eigenvalue weighted by Gasteiger charge is 2.58. The Bertz CT molecular complexity index is 1740. The summed E-state index contributed by atoms with van der Waals surface area (Å²) in [6.07, 6.45) is 31.2. The SMILES string of the molecule is CC.CC.C[C@@]1(O)CC[C@@H]2C3CC[C@@]4(C)C(CCC[C@@H]4C(=O)Cn4cccn4)C3CC[C@@H]2C1.C[C@@]1(O)CC[C@@H]2C3CC[C@]4(C)C[C@@H](C(=O)Cn5cccn5)CCC4C3CC[C@@H]2C1. The Morgan fingerprint density at radius 1 is 0.548 bits per heavy atom. The number of nitrogens with zero attached hydrogens (tertiary/aromatic N) is 4. The number of aromatic nitrogens is 4. The van der Waals surface area contributed by atoms with Gasteiger partial charge in [-0.2, -0.15) is 10.2 Å². The van der Waals surface area contributed by atoms with Crippen LogP contribution in [0, 0.1) is 81.8 Å². The van der Waals surface area contributed by atoms with E-state index in [4.69, 9.17) is 0 Å². The summed E-state index contributed by atoms with van der Waals surface area (Å²) < 4.78 is 3.59. The van der Waals surface area contributed by atoms with E-state index in [2.05, 4.69) is 31.0 Å². The molecule has 10 rings (SSSR count). The van der Waals surface area contributed by atoms with Gasteiger partial charge >= 0.3 is 0 Å². The van der Waals surface area contributed by atoms with Crippen molar-refractivity contribution < 1.29 is 19.8 Å². The van der Waals surface area contributed by atoms with Gasteiger partial charge in [0.25, 0.3) is 0 Å². The van der Waals surface area contributed by atoms with Crippen molar-refractivity contribution in [1.82, 2.24) is 19.6 Å². The van der Waals surface area contributed by atoms with Crippen molar-refractivity contribution in [3.63, 3.8) is 0 Å². The first-order chi connectivity index (χ1) is 29.7. The van der Waals surface area contributed by atoms with Crippen molar-refractivity contribution in [2.45, 2.75) is 208 Å². The smallest absolute Gasteiger partial charge is 0.157 e. The summed E-state index contributed by atoms with van der Waals surface area (Å²) >= 11 is 0. The standard InChI is InChI=1S/2C25H38N2O2.2C2H6/c1-24-10-8-20-19-9-11-25(2,29)15-17(19)4-6-21(20)22(24)7-5-18(14-24)23(28)16-27-13-3-12-26-27;1-24(29)11-9-18-17(15-24)7-8-20-19(18)10-12-25(2)21(20)5-3-6-22(25)23(28)16-27-14-4-13-26-27;2*1-2/h3,12-13,17-22,29H,4-11,14-16H2,1-2H3;4,13-14,17-22,29H,3,5-12,15-16H2,1-2H3;2*1-2H3/t17-,18+,19+,20?,21?,22?,24-,25-;17-,18+,19?,20?,21?,22-,24-,25+;;/m11../s1. The van der Waals surface area contributed by atoms with E-state index < -0.39 is 11.2 Å². The average molecular weight is 857 g/mol. The van der Waals surface area contributed by atoms with Crippen molar-refractivity contribution in [3.8, 4) is 0 Å². The van der Waals surface area contributed by atoms with Gasteiger partial charge in [-0.25, -0.2) is 0 Å². The van der Waals surface area contributed by atoms with Crippen LogP contribution < -0.4 is 0 Å². The third-order valence-electron chi connectivity index (χ3n) is 19.4. The van der Waals surface area contributed by atoms with Crippen molar-refractivity contribution >= 4 is 11.6 Å². The minimum Gasteiger partial charge on any atom is -0.390 e. The fourth-order valence-corrected chi connectivity index (χ4v) is 16.8. The molecule has 0 saturated heterocycles. The van der Waals surface area contributed by atoms with E-state index in [1.807, 2.05) is 59.1 Å². The van der Waals surface area contributed by atoms with Gasteiger partial charge in [0, 0.05) is 36.6 Å². The van der Waals surface area contributed by atoms with E-state index in [0.29, 0.717) is 36.0 Å². The molecule has 348 valence electrons. The van der Waals surface area contributed by atoms with Gasteiger partial charge in [-0.3, -0.25) is 19.0 Å². The first-order valence-electron chi connectivity index (χ1n) is 26.2. The van der Waals surface area contributed by atoms with Crippen molar-refractivity contribution in [2.75, 3.05) is 0 Å². The number of Topliss-reactive ketones (excluding diaryl/α,β-unsaturated/α-hetero) is 2. The fraction of sp³-hybridized carbons (Fsp3) is 0.852. The van der Waals surface area contributed by atoms with Gasteiger partial charge in [0.05, 0.1) is 24.3 Å². The molecule has 8 nitrogen and oxygen atoms in total. The Hall–Kier alpha value is -2.32. The minimum absolute atomic E-state index is 0.177. The van der Waals surface area contributed by atoms with E-state index >= 15 is 0 Å². The van der Waals surface area contributed by atoms with Crippen LogP contribution in [0.4, 0.5) is 0 Å². The van der Waals surface area contributed by atoms with E-state index in [9.17, 15) is 19.8 Å². The number of carbonyl (C=O) groups excluding carboxylic acids is 2. The molecule has 8 saturated carbocycles. The lowest BCUT2D eigenvalue weighted by Crippen LogP contribution is -2.55. The summed E-state index contributed by atoms with van der Waals surface area (Å²) in [4.78, 5) is 26.2. The molecule has 6 unspecified atom stereocenters. The maximum absolute atomic E-state index is 13.3. The first kappa shape index (κ1) is 47.6. The van der Waals surface area contributed by atoms with Gasteiger partial charge in [-0.05, 0) is 218 Å². The summed E-state index contributed by atoms with van der Waals surface area (Å²) in [7, 11) is 0. The second-order valence-corrected chi connectivity index (χ2v) is 22.9. The van der Waals surface area contributed by atoms with Gasteiger partial charge in [0.1, 0.15) is 0 Å². The maximum atomic E-state index is 13.3. The van der Waals surface area contributed by atoms with Crippen molar-refractivity contribution in [3.05, 3.63) is 36.9 Å². The molecule has 2 N–H and O–H groups in total. The van der Waals surface area contributed by atoms with Crippen LogP contribution in [0.15, 0.2) is 36.9 Å². The molecule has 8 fully saturated rings. The highest BCUT2D eigenvalue weighted by molar-refractivity contribution is 5.82. The van der Waals surface area contributed by atoms with Gasteiger partial charge in [0.2, 0.25) is 0 Å². The van der Waals surface area contributed by atoms with E-state index in [0.717, 1.165) is 98.2 Å². The summed E-state index contributed by atoms with van der Waals surface area (Å²) in [6, 6.07) is 3.80. The molecular formula is C54H88N4O4.